The Morgan fingerprint density at radius 3 is 2.58 bits per heavy atom. The van der Waals surface area contributed by atoms with Gasteiger partial charge in [-0.15, -0.1) is 0 Å². The van der Waals surface area contributed by atoms with Crippen LogP contribution in [0.15, 0.2) is 40.9 Å². The smallest absolute Gasteiger partial charge is 0.144 e. The summed E-state index contributed by atoms with van der Waals surface area (Å²) in [5, 5.41) is 8.60. The molecule has 0 bridgehead atoms. The summed E-state index contributed by atoms with van der Waals surface area (Å²) in [5.74, 6) is -0.803. The van der Waals surface area contributed by atoms with Gasteiger partial charge in [0.15, 0.2) is 0 Å². The highest BCUT2D eigenvalue weighted by Crippen LogP contribution is 2.20. The maximum atomic E-state index is 13.5. The summed E-state index contributed by atoms with van der Waals surface area (Å²) >= 11 is 3.23. The van der Waals surface area contributed by atoms with Crippen LogP contribution in [0.3, 0.4) is 0 Å². The fourth-order valence-corrected chi connectivity index (χ4v) is 1.90. The lowest BCUT2D eigenvalue weighted by Crippen LogP contribution is -1.99. The van der Waals surface area contributed by atoms with Crippen molar-refractivity contribution in [1.82, 2.24) is 0 Å². The summed E-state index contributed by atoms with van der Waals surface area (Å²) in [6.45, 7) is -0.0172. The van der Waals surface area contributed by atoms with Crippen LogP contribution in [0.1, 0.15) is 11.1 Å². The maximum absolute atomic E-state index is 13.5. The van der Waals surface area contributed by atoms with Crippen molar-refractivity contribution in [2.45, 2.75) is 6.61 Å². The van der Waals surface area contributed by atoms with Crippen molar-refractivity contribution < 1.29 is 13.5 Å². The van der Waals surface area contributed by atoms with Crippen molar-refractivity contribution in [3.8, 4) is 11.8 Å². The molecule has 0 fully saturated rings. The predicted octanol–water partition coefficient (Wildman–Crippen LogP) is 4.18. The average Bonchev–Trinajstić information content (AvgIpc) is 2.40. The lowest BCUT2D eigenvalue weighted by atomic mass is 10.2. The number of hydrogen-bond donors (Lipinski definition) is 0. The zero-order valence-electron chi connectivity index (χ0n) is 9.66. The molecule has 0 saturated heterocycles. The summed E-state index contributed by atoms with van der Waals surface area (Å²) in [5.41, 5.74) is 0.306. The SMILES string of the molecule is N#Cc1ccc(OCc2cc(Br)ccc2F)cc1F. The predicted molar refractivity (Wildman–Crippen MR) is 69.5 cm³/mol. The molecule has 2 rings (SSSR count). The van der Waals surface area contributed by atoms with Gasteiger partial charge in [0.05, 0.1) is 5.56 Å². The molecule has 0 N–H and O–H groups in total. The van der Waals surface area contributed by atoms with Gasteiger partial charge < -0.3 is 4.74 Å². The largest absolute Gasteiger partial charge is 0.489 e. The van der Waals surface area contributed by atoms with Gasteiger partial charge in [-0.25, -0.2) is 8.78 Å². The number of ether oxygens (including phenoxy) is 1. The van der Waals surface area contributed by atoms with Gasteiger partial charge in [-0.2, -0.15) is 5.26 Å². The third kappa shape index (κ3) is 3.30. The Kier molecular flexibility index (Phi) is 4.13. The van der Waals surface area contributed by atoms with Gasteiger partial charge in [-0.1, -0.05) is 15.9 Å². The molecule has 96 valence electrons. The van der Waals surface area contributed by atoms with Gasteiger partial charge in [0.2, 0.25) is 0 Å². The molecule has 19 heavy (non-hydrogen) atoms. The van der Waals surface area contributed by atoms with Crippen LogP contribution in [0.25, 0.3) is 0 Å². The Hall–Kier alpha value is -1.93. The second kappa shape index (κ2) is 5.81. The Labute approximate surface area is 117 Å². The summed E-state index contributed by atoms with van der Waals surface area (Å²) in [6, 6.07) is 10.1. The molecule has 0 radical (unpaired) electrons. The second-order valence-corrected chi connectivity index (χ2v) is 4.69. The van der Waals surface area contributed by atoms with Crippen LogP contribution in [-0.4, -0.2) is 0 Å². The van der Waals surface area contributed by atoms with E-state index in [-0.39, 0.29) is 17.9 Å². The monoisotopic (exact) mass is 323 g/mol. The van der Waals surface area contributed by atoms with E-state index in [0.29, 0.717) is 5.56 Å². The molecule has 0 aliphatic rings. The van der Waals surface area contributed by atoms with Gasteiger partial charge in [-0.05, 0) is 30.3 Å². The highest BCUT2D eigenvalue weighted by atomic mass is 79.9. The molecular weight excluding hydrogens is 316 g/mol. The standard InChI is InChI=1S/C14H8BrF2NO/c15-11-2-4-13(16)10(5-11)8-19-12-3-1-9(7-18)14(17)6-12/h1-6H,8H2. The summed E-state index contributed by atoms with van der Waals surface area (Å²) < 4.78 is 32.8. The van der Waals surface area contributed by atoms with Crippen molar-refractivity contribution in [2.24, 2.45) is 0 Å². The van der Waals surface area contributed by atoms with Crippen LogP contribution in [0.4, 0.5) is 8.78 Å². The normalized spacial score (nSPS) is 10.0. The van der Waals surface area contributed by atoms with E-state index in [1.807, 2.05) is 0 Å². The first-order valence-electron chi connectivity index (χ1n) is 5.36. The minimum absolute atomic E-state index is 0.0172. The number of hydrogen-bond acceptors (Lipinski definition) is 2. The third-order valence-electron chi connectivity index (χ3n) is 2.46. The quantitative estimate of drug-likeness (QED) is 0.849. The summed E-state index contributed by atoms with van der Waals surface area (Å²) in [4.78, 5) is 0. The topological polar surface area (TPSA) is 33.0 Å². The van der Waals surface area contributed by atoms with Gasteiger partial charge in [-0.3, -0.25) is 0 Å². The van der Waals surface area contributed by atoms with E-state index < -0.39 is 11.6 Å². The zero-order chi connectivity index (χ0) is 13.8. The molecule has 0 unspecified atom stereocenters. The van der Waals surface area contributed by atoms with Crippen molar-refractivity contribution in [1.29, 1.82) is 5.26 Å². The minimum Gasteiger partial charge on any atom is -0.489 e. The first-order valence-corrected chi connectivity index (χ1v) is 6.16. The van der Waals surface area contributed by atoms with Crippen molar-refractivity contribution in [3.63, 3.8) is 0 Å². The van der Waals surface area contributed by atoms with Gasteiger partial charge in [0.25, 0.3) is 0 Å². The molecule has 0 aliphatic heterocycles. The van der Waals surface area contributed by atoms with Crippen molar-refractivity contribution >= 4 is 15.9 Å². The van der Waals surface area contributed by atoms with Crippen LogP contribution in [-0.2, 0) is 6.61 Å². The summed E-state index contributed by atoms with van der Waals surface area (Å²) in [7, 11) is 0. The Morgan fingerprint density at radius 1 is 1.11 bits per heavy atom. The molecule has 0 heterocycles. The van der Waals surface area contributed by atoms with E-state index in [4.69, 9.17) is 10.00 Å². The lowest BCUT2D eigenvalue weighted by Gasteiger charge is -2.08. The molecule has 2 aromatic rings. The molecule has 0 atom stereocenters. The lowest BCUT2D eigenvalue weighted by molar-refractivity contribution is 0.298. The summed E-state index contributed by atoms with van der Waals surface area (Å²) in [6.07, 6.45) is 0. The Bertz CT molecular complexity index is 652. The van der Waals surface area contributed by atoms with E-state index in [2.05, 4.69) is 15.9 Å². The molecule has 2 nitrogen and oxygen atoms in total. The van der Waals surface area contributed by atoms with Crippen LogP contribution < -0.4 is 4.74 Å². The zero-order valence-corrected chi connectivity index (χ0v) is 11.2. The first kappa shape index (κ1) is 13.5. The van der Waals surface area contributed by atoms with Crippen LogP contribution in [0, 0.1) is 23.0 Å². The van der Waals surface area contributed by atoms with Crippen molar-refractivity contribution in [3.05, 3.63) is 63.6 Å². The fraction of sp³-hybridized carbons (Fsp3) is 0.0714. The second-order valence-electron chi connectivity index (χ2n) is 3.78. The molecule has 0 aromatic heterocycles. The van der Waals surface area contributed by atoms with Gasteiger partial charge in [0, 0.05) is 16.1 Å². The van der Waals surface area contributed by atoms with Crippen LogP contribution in [0.5, 0.6) is 5.75 Å². The number of nitriles is 1. The highest BCUT2D eigenvalue weighted by molar-refractivity contribution is 9.10. The fourth-order valence-electron chi connectivity index (χ4n) is 1.49. The number of nitrogens with zero attached hydrogens (tertiary/aromatic N) is 1. The molecule has 2 aromatic carbocycles. The van der Waals surface area contributed by atoms with Gasteiger partial charge >= 0.3 is 0 Å². The maximum Gasteiger partial charge on any atom is 0.144 e. The highest BCUT2D eigenvalue weighted by Gasteiger charge is 2.06. The molecule has 0 aliphatic carbocycles. The molecular formula is C14H8BrF2NO. The van der Waals surface area contributed by atoms with Crippen molar-refractivity contribution in [2.75, 3.05) is 0 Å². The first-order chi connectivity index (χ1) is 9.10. The Balaban J connectivity index is 2.13. The van der Waals surface area contributed by atoms with Crippen LogP contribution in [0.2, 0.25) is 0 Å². The van der Waals surface area contributed by atoms with Crippen LogP contribution >= 0.6 is 15.9 Å². The van der Waals surface area contributed by atoms with E-state index in [1.54, 1.807) is 18.2 Å². The van der Waals surface area contributed by atoms with E-state index in [9.17, 15) is 8.78 Å². The van der Waals surface area contributed by atoms with E-state index >= 15 is 0 Å². The van der Waals surface area contributed by atoms with E-state index in [0.717, 1.165) is 10.5 Å². The molecule has 0 spiro atoms. The molecule has 5 heteroatoms. The number of benzene rings is 2. The number of rotatable bonds is 3. The average molecular weight is 324 g/mol. The third-order valence-corrected chi connectivity index (χ3v) is 2.96. The number of halogens is 3. The van der Waals surface area contributed by atoms with Gasteiger partial charge in [0.1, 0.15) is 30.1 Å². The van der Waals surface area contributed by atoms with E-state index in [1.165, 1.54) is 18.2 Å². The Morgan fingerprint density at radius 2 is 1.89 bits per heavy atom. The molecule has 0 amide bonds. The molecule has 0 saturated carbocycles. The minimum atomic E-state index is -0.658.